The van der Waals surface area contributed by atoms with E-state index in [0.717, 1.165) is 10.8 Å². The second-order valence-corrected chi connectivity index (χ2v) is 4.19. The topological polar surface area (TPSA) is 39.4 Å². The first kappa shape index (κ1) is 11.5. The lowest BCUT2D eigenvalue weighted by Crippen LogP contribution is -2.00. The van der Waals surface area contributed by atoms with Crippen LogP contribution in [0.4, 0.5) is 0 Å². The number of hydrogen-bond donors (Lipinski definition) is 0. The fraction of sp³-hybridized carbons (Fsp3) is 0.0625. The van der Waals surface area contributed by atoms with Crippen LogP contribution in [-0.2, 0) is 0 Å². The van der Waals surface area contributed by atoms with Gasteiger partial charge in [0.05, 0.1) is 5.39 Å². The lowest BCUT2D eigenvalue weighted by molar-refractivity contribution is 0.363. The zero-order valence-electron chi connectivity index (χ0n) is 10.3. The van der Waals surface area contributed by atoms with E-state index in [1.807, 2.05) is 30.3 Å². The average Bonchev–Trinajstić information content (AvgIpc) is 2.45. The van der Waals surface area contributed by atoms with Crippen LogP contribution in [0, 0.1) is 0 Å². The van der Waals surface area contributed by atoms with Crippen LogP contribution in [0.2, 0.25) is 0 Å². The van der Waals surface area contributed by atoms with E-state index in [-0.39, 0.29) is 5.63 Å². The Balaban J connectivity index is 2.27. The molecule has 3 rings (SSSR count). The molecule has 1 aromatic heterocycles. The number of fused-ring (bicyclic) bond motifs is 3. The first-order valence-electron chi connectivity index (χ1n) is 5.99. The van der Waals surface area contributed by atoms with Crippen molar-refractivity contribution < 1.29 is 9.15 Å². The minimum atomic E-state index is -0.330. The second kappa shape index (κ2) is 4.61. The maximum absolute atomic E-state index is 11.9. The van der Waals surface area contributed by atoms with Gasteiger partial charge >= 0.3 is 5.63 Å². The summed E-state index contributed by atoms with van der Waals surface area (Å²) in [4.78, 5) is 11.9. The summed E-state index contributed by atoms with van der Waals surface area (Å²) in [6, 6.07) is 12.9. The van der Waals surface area contributed by atoms with Crippen molar-refractivity contribution in [2.75, 3.05) is 6.61 Å². The Morgan fingerprint density at radius 3 is 2.68 bits per heavy atom. The highest BCUT2D eigenvalue weighted by molar-refractivity contribution is 6.04. The summed E-state index contributed by atoms with van der Waals surface area (Å²) in [5.74, 6) is 0.658. The molecule has 2 aromatic carbocycles. The molecule has 94 valence electrons. The summed E-state index contributed by atoms with van der Waals surface area (Å²) in [6.45, 7) is 4.01. The average molecular weight is 252 g/mol. The van der Waals surface area contributed by atoms with Crippen LogP contribution in [0.5, 0.6) is 5.75 Å². The van der Waals surface area contributed by atoms with Crippen LogP contribution in [-0.4, -0.2) is 6.61 Å². The van der Waals surface area contributed by atoms with E-state index in [4.69, 9.17) is 9.15 Å². The molecule has 19 heavy (non-hydrogen) atoms. The summed E-state index contributed by atoms with van der Waals surface area (Å²) in [5, 5.41) is 2.39. The molecule has 0 aliphatic carbocycles. The van der Waals surface area contributed by atoms with E-state index in [9.17, 15) is 4.79 Å². The monoisotopic (exact) mass is 252 g/mol. The molecule has 0 aliphatic rings. The van der Waals surface area contributed by atoms with Crippen molar-refractivity contribution >= 4 is 21.7 Å². The quantitative estimate of drug-likeness (QED) is 0.407. The van der Waals surface area contributed by atoms with Gasteiger partial charge in [-0.3, -0.25) is 0 Å². The lowest BCUT2D eigenvalue weighted by atomic mass is 10.1. The van der Waals surface area contributed by atoms with Gasteiger partial charge in [0.2, 0.25) is 0 Å². The summed E-state index contributed by atoms with van der Waals surface area (Å²) >= 11 is 0. The molecule has 0 radical (unpaired) electrons. The number of rotatable bonds is 3. The molecule has 3 aromatic rings. The fourth-order valence-electron chi connectivity index (χ4n) is 2.11. The van der Waals surface area contributed by atoms with Gasteiger partial charge in [0.25, 0.3) is 0 Å². The molecule has 3 heteroatoms. The number of ether oxygens (including phenoxy) is 1. The highest BCUT2D eigenvalue weighted by Crippen LogP contribution is 2.26. The first-order valence-corrected chi connectivity index (χ1v) is 5.99. The van der Waals surface area contributed by atoms with Gasteiger partial charge in [-0.2, -0.15) is 0 Å². The Labute approximate surface area is 109 Å². The van der Waals surface area contributed by atoms with Gasteiger partial charge in [0, 0.05) is 11.5 Å². The third-order valence-electron chi connectivity index (χ3n) is 2.96. The van der Waals surface area contributed by atoms with Crippen molar-refractivity contribution in [2.45, 2.75) is 0 Å². The molecular formula is C16H12O3. The molecule has 0 fully saturated rings. The van der Waals surface area contributed by atoms with Crippen molar-refractivity contribution in [3.05, 3.63) is 65.5 Å². The minimum Gasteiger partial charge on any atom is -0.489 e. The Morgan fingerprint density at radius 2 is 1.89 bits per heavy atom. The molecule has 0 aliphatic heterocycles. The molecule has 0 saturated carbocycles. The van der Waals surface area contributed by atoms with Crippen molar-refractivity contribution in [1.29, 1.82) is 0 Å². The van der Waals surface area contributed by atoms with Crippen molar-refractivity contribution in [3.8, 4) is 5.75 Å². The van der Waals surface area contributed by atoms with Crippen LogP contribution < -0.4 is 10.4 Å². The largest absolute Gasteiger partial charge is 0.489 e. The molecule has 3 nitrogen and oxygen atoms in total. The van der Waals surface area contributed by atoms with Crippen LogP contribution in [0.25, 0.3) is 21.7 Å². The Bertz CT molecular complexity index is 815. The molecular weight excluding hydrogens is 240 g/mol. The van der Waals surface area contributed by atoms with E-state index < -0.39 is 0 Å². The molecule has 0 spiro atoms. The molecule has 0 amide bonds. The summed E-state index contributed by atoms with van der Waals surface area (Å²) in [6.07, 6.45) is 1.67. The van der Waals surface area contributed by atoms with Gasteiger partial charge in [0.1, 0.15) is 17.9 Å². The Morgan fingerprint density at radius 1 is 1.11 bits per heavy atom. The molecule has 0 atom stereocenters. The summed E-state index contributed by atoms with van der Waals surface area (Å²) in [5.41, 5.74) is 0.203. The lowest BCUT2D eigenvalue weighted by Gasteiger charge is -2.06. The number of hydrogen-bond acceptors (Lipinski definition) is 3. The van der Waals surface area contributed by atoms with Gasteiger partial charge in [0.15, 0.2) is 0 Å². The van der Waals surface area contributed by atoms with Crippen LogP contribution in [0.15, 0.2) is 64.3 Å². The van der Waals surface area contributed by atoms with Crippen molar-refractivity contribution in [2.24, 2.45) is 0 Å². The van der Waals surface area contributed by atoms with E-state index in [2.05, 4.69) is 6.58 Å². The minimum absolute atomic E-state index is 0.330. The zero-order chi connectivity index (χ0) is 13.2. The van der Waals surface area contributed by atoms with Gasteiger partial charge in [-0.05, 0) is 23.6 Å². The third-order valence-corrected chi connectivity index (χ3v) is 2.96. The molecule has 0 unspecified atom stereocenters. The van der Waals surface area contributed by atoms with E-state index in [0.29, 0.717) is 23.3 Å². The Kier molecular flexibility index (Phi) is 2.80. The smallest absolute Gasteiger partial charge is 0.344 e. The van der Waals surface area contributed by atoms with Crippen molar-refractivity contribution in [1.82, 2.24) is 0 Å². The van der Waals surface area contributed by atoms with Crippen LogP contribution >= 0.6 is 0 Å². The second-order valence-electron chi connectivity index (χ2n) is 4.19. The fourth-order valence-corrected chi connectivity index (χ4v) is 2.11. The standard InChI is InChI=1S/C16H12O3/c1-2-9-18-11-7-8-13-12-5-3-4-6-14(12)16(17)19-15(13)10-11/h2-8,10H,1,9H2. The van der Waals surface area contributed by atoms with Crippen LogP contribution in [0.3, 0.4) is 0 Å². The highest BCUT2D eigenvalue weighted by Gasteiger charge is 2.07. The van der Waals surface area contributed by atoms with Gasteiger partial charge < -0.3 is 9.15 Å². The maximum Gasteiger partial charge on any atom is 0.344 e. The summed E-state index contributed by atoms with van der Waals surface area (Å²) in [7, 11) is 0. The van der Waals surface area contributed by atoms with E-state index in [1.165, 1.54) is 0 Å². The predicted molar refractivity (Wildman–Crippen MR) is 75.7 cm³/mol. The van der Waals surface area contributed by atoms with Gasteiger partial charge in [-0.1, -0.05) is 30.9 Å². The SMILES string of the molecule is C=CCOc1ccc2c(c1)oc(=O)c1ccccc12. The van der Waals surface area contributed by atoms with E-state index in [1.54, 1.807) is 18.2 Å². The molecule has 0 bridgehead atoms. The molecule has 1 heterocycles. The molecule has 0 saturated heterocycles. The third kappa shape index (κ3) is 1.99. The molecule has 0 N–H and O–H groups in total. The van der Waals surface area contributed by atoms with Gasteiger partial charge in [-0.15, -0.1) is 0 Å². The van der Waals surface area contributed by atoms with Crippen molar-refractivity contribution in [3.63, 3.8) is 0 Å². The maximum atomic E-state index is 11.9. The predicted octanol–water partition coefficient (Wildman–Crippen LogP) is 3.51. The van der Waals surface area contributed by atoms with Gasteiger partial charge in [-0.25, -0.2) is 4.79 Å². The zero-order valence-corrected chi connectivity index (χ0v) is 10.3. The number of benzene rings is 2. The van der Waals surface area contributed by atoms with E-state index >= 15 is 0 Å². The first-order chi connectivity index (χ1) is 9.29. The highest BCUT2D eigenvalue weighted by atomic mass is 16.5. The Hall–Kier alpha value is -2.55. The normalized spacial score (nSPS) is 10.7. The summed E-state index contributed by atoms with van der Waals surface area (Å²) < 4.78 is 10.8. The van der Waals surface area contributed by atoms with Crippen LogP contribution in [0.1, 0.15) is 0 Å².